The number of hydrogen-bond donors (Lipinski definition) is 0. The van der Waals surface area contributed by atoms with Gasteiger partial charge in [0.15, 0.2) is 11.5 Å². The predicted octanol–water partition coefficient (Wildman–Crippen LogP) is 2.86. The van der Waals surface area contributed by atoms with Crippen molar-refractivity contribution in [2.75, 3.05) is 20.3 Å². The van der Waals surface area contributed by atoms with Crippen molar-refractivity contribution < 1.29 is 28.5 Å². The molecule has 24 heavy (non-hydrogen) atoms. The Morgan fingerprint density at radius 3 is 2.00 bits per heavy atom. The minimum absolute atomic E-state index is 0.185. The molecular weight excluding hydrogens is 312 g/mol. The molecule has 6 heteroatoms. The third kappa shape index (κ3) is 4.74. The number of carbonyl (C=O) groups is 2. The third-order valence-corrected chi connectivity index (χ3v) is 3.01. The van der Waals surface area contributed by atoms with Gasteiger partial charge < -0.3 is 18.9 Å². The zero-order valence-corrected chi connectivity index (χ0v) is 13.5. The van der Waals surface area contributed by atoms with E-state index < -0.39 is 11.9 Å². The van der Waals surface area contributed by atoms with Crippen LogP contribution < -0.4 is 14.2 Å². The topological polar surface area (TPSA) is 71.1 Å². The summed E-state index contributed by atoms with van der Waals surface area (Å²) in [6, 6.07) is 13.8. The van der Waals surface area contributed by atoms with E-state index in [1.165, 1.54) is 13.0 Å². The highest BCUT2D eigenvalue weighted by atomic mass is 16.6. The first-order valence-electron chi connectivity index (χ1n) is 7.32. The zero-order chi connectivity index (χ0) is 17.4. The van der Waals surface area contributed by atoms with Gasteiger partial charge in [-0.2, -0.15) is 0 Å². The lowest BCUT2D eigenvalue weighted by molar-refractivity contribution is -0.135. The zero-order valence-electron chi connectivity index (χ0n) is 13.5. The van der Waals surface area contributed by atoms with E-state index in [0.29, 0.717) is 17.2 Å². The van der Waals surface area contributed by atoms with E-state index in [2.05, 4.69) is 4.74 Å². The molecule has 0 bridgehead atoms. The minimum Gasteiger partial charge on any atom is -0.493 e. The summed E-state index contributed by atoms with van der Waals surface area (Å²) in [4.78, 5) is 22.7. The van der Waals surface area contributed by atoms with Crippen molar-refractivity contribution >= 4 is 11.9 Å². The van der Waals surface area contributed by atoms with Crippen LogP contribution in [0.2, 0.25) is 0 Å². The number of methoxy groups -OCH3 is 1. The van der Waals surface area contributed by atoms with Crippen LogP contribution in [0.1, 0.15) is 17.3 Å². The Bertz CT molecular complexity index is 710. The van der Waals surface area contributed by atoms with Gasteiger partial charge in [-0.1, -0.05) is 24.3 Å². The van der Waals surface area contributed by atoms with Gasteiger partial charge in [0.05, 0.1) is 7.11 Å². The van der Waals surface area contributed by atoms with Crippen LogP contribution in [-0.4, -0.2) is 32.3 Å². The molecule has 0 N–H and O–H groups in total. The molecule has 126 valence electrons. The maximum absolute atomic E-state index is 11.8. The highest BCUT2D eigenvalue weighted by molar-refractivity contribution is 5.98. The van der Waals surface area contributed by atoms with Crippen LogP contribution in [0, 0.1) is 0 Å². The second-order valence-corrected chi connectivity index (χ2v) is 4.73. The molecule has 0 spiro atoms. The smallest absolute Gasteiger partial charge is 0.349 e. The largest absolute Gasteiger partial charge is 0.493 e. The Balaban J connectivity index is 1.93. The fourth-order valence-corrected chi connectivity index (χ4v) is 1.99. The molecule has 0 unspecified atom stereocenters. The SMILES string of the molecule is COc1ccccc1OCCOc1ccccc1C(=O)OC(C)=O. The quantitative estimate of drug-likeness (QED) is 0.442. The van der Waals surface area contributed by atoms with Crippen LogP contribution in [0.25, 0.3) is 0 Å². The van der Waals surface area contributed by atoms with Crippen LogP contribution in [0.4, 0.5) is 0 Å². The van der Waals surface area contributed by atoms with E-state index in [-0.39, 0.29) is 18.8 Å². The summed E-state index contributed by atoms with van der Waals surface area (Å²) in [5.41, 5.74) is 0.185. The van der Waals surface area contributed by atoms with E-state index in [9.17, 15) is 9.59 Å². The van der Waals surface area contributed by atoms with Gasteiger partial charge in [0.2, 0.25) is 0 Å². The van der Waals surface area contributed by atoms with Gasteiger partial charge in [-0.05, 0) is 24.3 Å². The average Bonchev–Trinajstić information content (AvgIpc) is 2.58. The molecule has 0 aliphatic heterocycles. The first-order chi connectivity index (χ1) is 11.6. The van der Waals surface area contributed by atoms with Crippen molar-refractivity contribution in [1.82, 2.24) is 0 Å². The van der Waals surface area contributed by atoms with Crippen molar-refractivity contribution in [3.8, 4) is 17.2 Å². The lowest BCUT2D eigenvalue weighted by Gasteiger charge is -2.12. The number of carbonyl (C=O) groups excluding carboxylic acids is 2. The summed E-state index contributed by atoms with van der Waals surface area (Å²) in [6.07, 6.45) is 0. The Kier molecular flexibility index (Phi) is 6.19. The Morgan fingerprint density at radius 2 is 1.38 bits per heavy atom. The molecule has 2 rings (SSSR count). The van der Waals surface area contributed by atoms with Crippen LogP contribution in [0.3, 0.4) is 0 Å². The lowest BCUT2D eigenvalue weighted by Crippen LogP contribution is -2.14. The second-order valence-electron chi connectivity index (χ2n) is 4.73. The van der Waals surface area contributed by atoms with E-state index >= 15 is 0 Å². The lowest BCUT2D eigenvalue weighted by atomic mass is 10.2. The van der Waals surface area contributed by atoms with E-state index in [0.717, 1.165) is 0 Å². The second kappa shape index (κ2) is 8.57. The fourth-order valence-electron chi connectivity index (χ4n) is 1.99. The van der Waals surface area contributed by atoms with E-state index in [4.69, 9.17) is 14.2 Å². The Labute approximate surface area is 139 Å². The molecule has 0 saturated carbocycles. The number of benzene rings is 2. The van der Waals surface area contributed by atoms with Crippen LogP contribution >= 0.6 is 0 Å². The molecule has 0 atom stereocenters. The van der Waals surface area contributed by atoms with Crippen molar-refractivity contribution in [2.24, 2.45) is 0 Å². The molecule has 0 heterocycles. The fraction of sp³-hybridized carbons (Fsp3) is 0.222. The number of hydrogen-bond acceptors (Lipinski definition) is 6. The van der Waals surface area contributed by atoms with Gasteiger partial charge in [0.1, 0.15) is 24.5 Å². The van der Waals surface area contributed by atoms with Crippen molar-refractivity contribution in [3.63, 3.8) is 0 Å². The van der Waals surface area contributed by atoms with Crippen molar-refractivity contribution in [3.05, 3.63) is 54.1 Å². The molecule has 0 radical (unpaired) electrons. The number of ether oxygens (including phenoxy) is 4. The molecule has 0 saturated heterocycles. The maximum atomic E-state index is 11.8. The summed E-state index contributed by atoms with van der Waals surface area (Å²) < 4.78 is 20.9. The standard InChI is InChI=1S/C18H18O6/c1-13(19)24-18(20)14-7-3-4-8-15(14)22-11-12-23-17-10-6-5-9-16(17)21-2/h3-10H,11-12H2,1-2H3. The molecule has 0 aromatic heterocycles. The Morgan fingerprint density at radius 1 is 0.833 bits per heavy atom. The van der Waals surface area contributed by atoms with Gasteiger partial charge in [-0.3, -0.25) is 4.79 Å². The van der Waals surface area contributed by atoms with E-state index in [1.54, 1.807) is 37.4 Å². The molecule has 0 aliphatic carbocycles. The highest BCUT2D eigenvalue weighted by Gasteiger charge is 2.15. The van der Waals surface area contributed by atoms with Crippen LogP contribution in [0.15, 0.2) is 48.5 Å². The molecule has 0 aliphatic rings. The summed E-state index contributed by atoms with van der Waals surface area (Å²) in [5, 5.41) is 0. The van der Waals surface area contributed by atoms with Gasteiger partial charge in [0, 0.05) is 6.92 Å². The van der Waals surface area contributed by atoms with Crippen molar-refractivity contribution in [1.29, 1.82) is 0 Å². The first kappa shape index (κ1) is 17.3. The van der Waals surface area contributed by atoms with Gasteiger partial charge in [-0.15, -0.1) is 0 Å². The van der Waals surface area contributed by atoms with Gasteiger partial charge >= 0.3 is 11.9 Å². The molecule has 0 fully saturated rings. The summed E-state index contributed by atoms with van der Waals surface area (Å²) in [6.45, 7) is 1.64. The highest BCUT2D eigenvalue weighted by Crippen LogP contribution is 2.25. The summed E-state index contributed by atoms with van der Waals surface area (Å²) >= 11 is 0. The van der Waals surface area contributed by atoms with Crippen LogP contribution in [0.5, 0.6) is 17.2 Å². The number of rotatable bonds is 7. The molecule has 6 nitrogen and oxygen atoms in total. The number of para-hydroxylation sites is 3. The predicted molar refractivity (Wildman–Crippen MR) is 86.5 cm³/mol. The average molecular weight is 330 g/mol. The number of esters is 2. The third-order valence-electron chi connectivity index (χ3n) is 3.01. The maximum Gasteiger partial charge on any atom is 0.349 e. The first-order valence-corrected chi connectivity index (χ1v) is 7.32. The van der Waals surface area contributed by atoms with Crippen LogP contribution in [-0.2, 0) is 9.53 Å². The Hall–Kier alpha value is -3.02. The molecule has 2 aromatic carbocycles. The molecule has 2 aromatic rings. The van der Waals surface area contributed by atoms with Gasteiger partial charge in [0.25, 0.3) is 0 Å². The van der Waals surface area contributed by atoms with Gasteiger partial charge in [-0.25, -0.2) is 4.79 Å². The molecule has 0 amide bonds. The summed E-state index contributed by atoms with van der Waals surface area (Å²) in [7, 11) is 1.57. The monoisotopic (exact) mass is 330 g/mol. The van der Waals surface area contributed by atoms with E-state index in [1.807, 2.05) is 12.1 Å². The summed E-state index contributed by atoms with van der Waals surface area (Å²) in [5.74, 6) is 0.140. The molecular formula is C18H18O6. The normalized spacial score (nSPS) is 9.92. The minimum atomic E-state index is -0.747. The van der Waals surface area contributed by atoms with Crippen molar-refractivity contribution in [2.45, 2.75) is 6.92 Å².